The fourth-order valence-corrected chi connectivity index (χ4v) is 3.47. The Hall–Kier alpha value is -3.34. The highest BCUT2D eigenvalue weighted by atomic mass is 16.4. The van der Waals surface area contributed by atoms with Crippen molar-refractivity contribution in [1.29, 1.82) is 0 Å². The molecule has 0 unspecified atom stereocenters. The van der Waals surface area contributed by atoms with Crippen molar-refractivity contribution < 1.29 is 14.7 Å². The number of benzene rings is 2. The second kappa shape index (κ2) is 6.19. The van der Waals surface area contributed by atoms with Crippen LogP contribution in [0, 0.1) is 6.92 Å². The summed E-state index contributed by atoms with van der Waals surface area (Å²) in [6, 6.07) is 15.1. The maximum Gasteiger partial charge on any atom is 0.339 e. The summed E-state index contributed by atoms with van der Waals surface area (Å²) in [4.78, 5) is 29.5. The topological polar surface area (TPSA) is 73.4 Å². The molecule has 26 heavy (non-hydrogen) atoms. The number of nitrogens with one attached hydrogen (secondary N) is 1. The number of carboxylic acid groups (broad SMARTS) is 1. The molecule has 1 aromatic heterocycles. The van der Waals surface area contributed by atoms with Crippen LogP contribution >= 0.6 is 0 Å². The van der Waals surface area contributed by atoms with Crippen LogP contribution in [0.2, 0.25) is 0 Å². The Labute approximate surface area is 150 Å². The predicted octanol–water partition coefficient (Wildman–Crippen LogP) is 3.60. The van der Waals surface area contributed by atoms with Crippen molar-refractivity contribution in [1.82, 2.24) is 9.88 Å². The summed E-state index contributed by atoms with van der Waals surface area (Å²) in [5.41, 5.74) is 4.08. The lowest BCUT2D eigenvalue weighted by atomic mass is 10.0. The maximum atomic E-state index is 12.9. The number of H-pyrrole nitrogens is 1. The van der Waals surface area contributed by atoms with Crippen LogP contribution in [0.25, 0.3) is 16.5 Å². The highest BCUT2D eigenvalue weighted by Crippen LogP contribution is 2.31. The first-order chi connectivity index (χ1) is 12.5. The Balaban J connectivity index is 1.80. The Kier molecular flexibility index (Phi) is 3.84. The van der Waals surface area contributed by atoms with E-state index in [1.54, 1.807) is 6.07 Å². The third kappa shape index (κ3) is 2.67. The number of rotatable bonds is 2. The lowest BCUT2D eigenvalue weighted by Gasteiger charge is -2.17. The van der Waals surface area contributed by atoms with Gasteiger partial charge in [-0.2, -0.15) is 0 Å². The average Bonchev–Trinajstić information content (AvgIpc) is 2.88. The number of amides is 1. The van der Waals surface area contributed by atoms with E-state index >= 15 is 0 Å². The number of hydrogen-bond acceptors (Lipinski definition) is 2. The quantitative estimate of drug-likeness (QED) is 0.744. The molecule has 2 heterocycles. The standard InChI is InChI=1S/C21H18N2O3/c1-13-5-4-6-14(11-13)20(24)23-10-9-16-15-7-2-3-8-18(15)22-19(16)17(12-23)21(25)26/h2-8,11-12,22H,9-10H2,1H3,(H,25,26). The van der Waals surface area contributed by atoms with Crippen molar-refractivity contribution in [3.05, 3.63) is 77.1 Å². The fourth-order valence-electron chi connectivity index (χ4n) is 3.47. The monoisotopic (exact) mass is 346 g/mol. The van der Waals surface area contributed by atoms with Crippen LogP contribution in [-0.4, -0.2) is 33.4 Å². The van der Waals surface area contributed by atoms with Crippen molar-refractivity contribution in [2.24, 2.45) is 0 Å². The molecule has 1 aliphatic rings. The van der Waals surface area contributed by atoms with Crippen LogP contribution in [0.1, 0.15) is 27.2 Å². The van der Waals surface area contributed by atoms with Crippen molar-refractivity contribution in [3.8, 4) is 0 Å². The normalized spacial score (nSPS) is 13.9. The number of nitrogens with zero attached hydrogens (tertiary/aromatic N) is 1. The van der Waals surface area contributed by atoms with E-state index in [0.29, 0.717) is 24.2 Å². The SMILES string of the molecule is Cc1cccc(C(=O)N2C=C(C(=O)O)c3[nH]c4ccccc4c3CC2)c1. The minimum Gasteiger partial charge on any atom is -0.478 e. The van der Waals surface area contributed by atoms with Gasteiger partial charge >= 0.3 is 5.97 Å². The number of carboxylic acids is 1. The molecule has 5 heteroatoms. The first-order valence-electron chi connectivity index (χ1n) is 8.47. The highest BCUT2D eigenvalue weighted by Gasteiger charge is 2.26. The van der Waals surface area contributed by atoms with Gasteiger partial charge in [-0.05, 0) is 37.1 Å². The number of carbonyl (C=O) groups is 2. The number of fused-ring (bicyclic) bond motifs is 3. The van der Waals surface area contributed by atoms with Gasteiger partial charge in [0.2, 0.25) is 0 Å². The fraction of sp³-hybridized carbons (Fsp3) is 0.143. The van der Waals surface area contributed by atoms with E-state index in [0.717, 1.165) is 22.0 Å². The predicted molar refractivity (Wildman–Crippen MR) is 99.8 cm³/mol. The van der Waals surface area contributed by atoms with E-state index in [-0.39, 0.29) is 11.5 Å². The van der Waals surface area contributed by atoms with Crippen LogP contribution < -0.4 is 0 Å². The number of para-hydroxylation sites is 1. The largest absolute Gasteiger partial charge is 0.478 e. The smallest absolute Gasteiger partial charge is 0.339 e. The highest BCUT2D eigenvalue weighted by molar-refractivity contribution is 6.17. The molecule has 2 aromatic carbocycles. The minimum absolute atomic E-state index is 0.106. The summed E-state index contributed by atoms with van der Waals surface area (Å²) in [6.07, 6.45) is 2.04. The third-order valence-electron chi connectivity index (χ3n) is 4.73. The summed E-state index contributed by atoms with van der Waals surface area (Å²) in [5, 5.41) is 10.7. The molecule has 5 nitrogen and oxygen atoms in total. The van der Waals surface area contributed by atoms with Gasteiger partial charge in [0.1, 0.15) is 0 Å². The second-order valence-corrected chi connectivity index (χ2v) is 6.49. The van der Waals surface area contributed by atoms with Gasteiger partial charge in [-0.25, -0.2) is 4.79 Å². The van der Waals surface area contributed by atoms with E-state index < -0.39 is 5.97 Å². The first-order valence-corrected chi connectivity index (χ1v) is 8.47. The summed E-state index contributed by atoms with van der Waals surface area (Å²) < 4.78 is 0. The van der Waals surface area contributed by atoms with Crippen molar-refractivity contribution in [2.45, 2.75) is 13.3 Å². The molecule has 0 bridgehead atoms. The number of carbonyl (C=O) groups excluding carboxylic acids is 1. The molecule has 2 N–H and O–H groups in total. The van der Waals surface area contributed by atoms with Crippen LogP contribution in [0.3, 0.4) is 0 Å². The Bertz CT molecular complexity index is 1060. The maximum absolute atomic E-state index is 12.9. The molecule has 4 rings (SSSR count). The molecule has 0 radical (unpaired) electrons. The van der Waals surface area contributed by atoms with Crippen LogP contribution in [-0.2, 0) is 11.2 Å². The van der Waals surface area contributed by atoms with E-state index in [1.165, 1.54) is 11.1 Å². The molecule has 130 valence electrons. The van der Waals surface area contributed by atoms with E-state index in [1.807, 2.05) is 49.4 Å². The lowest BCUT2D eigenvalue weighted by molar-refractivity contribution is -0.130. The number of aromatic nitrogens is 1. The summed E-state index contributed by atoms with van der Waals surface area (Å²) >= 11 is 0. The molecule has 0 spiro atoms. The van der Waals surface area contributed by atoms with E-state index in [9.17, 15) is 14.7 Å². The zero-order valence-corrected chi connectivity index (χ0v) is 14.3. The van der Waals surface area contributed by atoms with Crippen molar-refractivity contribution >= 4 is 28.4 Å². The third-order valence-corrected chi connectivity index (χ3v) is 4.73. The van der Waals surface area contributed by atoms with E-state index in [2.05, 4.69) is 4.98 Å². The number of hydrogen-bond donors (Lipinski definition) is 2. The van der Waals surface area contributed by atoms with Crippen LogP contribution in [0.4, 0.5) is 0 Å². The minimum atomic E-state index is -1.05. The van der Waals surface area contributed by atoms with Gasteiger partial charge in [0, 0.05) is 29.2 Å². The van der Waals surface area contributed by atoms with Crippen LogP contribution in [0.15, 0.2) is 54.7 Å². The van der Waals surface area contributed by atoms with Gasteiger partial charge in [-0.15, -0.1) is 0 Å². The molecule has 0 fully saturated rings. The first kappa shape index (κ1) is 16.1. The van der Waals surface area contributed by atoms with Gasteiger partial charge in [-0.1, -0.05) is 35.9 Å². The number of aromatic amines is 1. The number of aryl methyl sites for hydroxylation is 1. The summed E-state index contributed by atoms with van der Waals surface area (Å²) in [7, 11) is 0. The molecule has 1 amide bonds. The average molecular weight is 346 g/mol. The zero-order valence-electron chi connectivity index (χ0n) is 14.3. The van der Waals surface area contributed by atoms with Gasteiger partial charge in [-0.3, -0.25) is 4.79 Å². The summed E-state index contributed by atoms with van der Waals surface area (Å²) in [6.45, 7) is 2.35. The van der Waals surface area contributed by atoms with Gasteiger partial charge in [0.25, 0.3) is 5.91 Å². The molecule has 0 aliphatic carbocycles. The Morgan fingerprint density at radius 3 is 2.69 bits per heavy atom. The van der Waals surface area contributed by atoms with E-state index in [4.69, 9.17) is 0 Å². The lowest BCUT2D eigenvalue weighted by Crippen LogP contribution is -2.27. The zero-order chi connectivity index (χ0) is 18.3. The van der Waals surface area contributed by atoms with Gasteiger partial charge in [0.05, 0.1) is 11.3 Å². The Morgan fingerprint density at radius 2 is 1.92 bits per heavy atom. The molecular formula is C21H18N2O3. The second-order valence-electron chi connectivity index (χ2n) is 6.49. The molecule has 0 saturated heterocycles. The Morgan fingerprint density at radius 1 is 1.12 bits per heavy atom. The van der Waals surface area contributed by atoms with Crippen molar-refractivity contribution in [2.75, 3.05) is 6.54 Å². The van der Waals surface area contributed by atoms with Gasteiger partial charge in [0.15, 0.2) is 0 Å². The molecule has 1 aliphatic heterocycles. The summed E-state index contributed by atoms with van der Waals surface area (Å²) in [5.74, 6) is -1.25. The van der Waals surface area contributed by atoms with Crippen LogP contribution in [0.5, 0.6) is 0 Å². The molecule has 3 aromatic rings. The molecule has 0 atom stereocenters. The van der Waals surface area contributed by atoms with Crippen molar-refractivity contribution in [3.63, 3.8) is 0 Å². The molecular weight excluding hydrogens is 328 g/mol. The van der Waals surface area contributed by atoms with Gasteiger partial charge < -0.3 is 15.0 Å². The molecule has 0 saturated carbocycles. The number of aliphatic carboxylic acids is 1.